The molecule has 0 atom stereocenters. The van der Waals surface area contributed by atoms with Crippen molar-refractivity contribution in [3.8, 4) is 5.75 Å². The minimum Gasteiger partial charge on any atom is -0.504 e. The van der Waals surface area contributed by atoms with Crippen LogP contribution in [-0.4, -0.2) is 23.3 Å². The summed E-state index contributed by atoms with van der Waals surface area (Å²) in [6, 6.07) is 2.97. The van der Waals surface area contributed by atoms with E-state index in [1.54, 1.807) is 0 Å². The van der Waals surface area contributed by atoms with Crippen LogP contribution in [-0.2, 0) is 17.1 Å². The molecule has 9 heteroatoms. The van der Waals surface area contributed by atoms with E-state index in [1.807, 2.05) is 4.72 Å². The van der Waals surface area contributed by atoms with Gasteiger partial charge in [0.1, 0.15) is 5.82 Å². The molecule has 2 N–H and O–H groups in total. The first kappa shape index (κ1) is 13.6. The lowest BCUT2D eigenvalue weighted by Gasteiger charge is -2.10. The smallest absolute Gasteiger partial charge is 0.279 e. The monoisotopic (exact) mass is 305 g/mol. The topological polar surface area (TPSA) is 84.2 Å². The largest absolute Gasteiger partial charge is 0.504 e. The predicted molar refractivity (Wildman–Crippen MR) is 67.1 cm³/mol. The van der Waals surface area contributed by atoms with Crippen LogP contribution < -0.4 is 4.72 Å². The fraction of sp³-hybridized carbons (Fsp3) is 0.100. The summed E-state index contributed by atoms with van der Waals surface area (Å²) in [6.45, 7) is 0. The maximum absolute atomic E-state index is 13.2. The summed E-state index contributed by atoms with van der Waals surface area (Å²) in [5.41, 5.74) is -0.341. The normalized spacial score (nSPS) is 11.5. The van der Waals surface area contributed by atoms with Crippen LogP contribution in [0.15, 0.2) is 29.4 Å². The Balaban J connectivity index is 2.45. The summed E-state index contributed by atoms with van der Waals surface area (Å²) in [5.74, 6) is -1.32. The van der Waals surface area contributed by atoms with Crippen LogP contribution in [0.25, 0.3) is 0 Å². The number of sulfonamides is 1. The molecule has 1 aromatic carbocycles. The van der Waals surface area contributed by atoms with Gasteiger partial charge in [-0.05, 0) is 12.1 Å². The van der Waals surface area contributed by atoms with Crippen molar-refractivity contribution in [1.29, 1.82) is 0 Å². The molecule has 0 saturated heterocycles. The minimum absolute atomic E-state index is 0.132. The predicted octanol–water partition coefficient (Wildman–Crippen LogP) is 1.72. The minimum atomic E-state index is -3.99. The molecule has 0 amide bonds. The molecule has 1 heterocycles. The Labute approximate surface area is 113 Å². The van der Waals surface area contributed by atoms with Gasteiger partial charge in [0.25, 0.3) is 10.0 Å². The van der Waals surface area contributed by atoms with Crippen LogP contribution in [0, 0.1) is 5.82 Å². The number of phenols is 1. The molecule has 0 bridgehead atoms. The van der Waals surface area contributed by atoms with Gasteiger partial charge in [-0.2, -0.15) is 13.5 Å². The fourth-order valence-corrected chi connectivity index (χ4v) is 2.86. The van der Waals surface area contributed by atoms with E-state index in [0.29, 0.717) is 0 Å². The van der Waals surface area contributed by atoms with Gasteiger partial charge in [-0.1, -0.05) is 11.6 Å². The Hall–Kier alpha value is -1.80. The zero-order valence-electron chi connectivity index (χ0n) is 9.63. The number of nitrogens with one attached hydrogen (secondary N) is 1. The van der Waals surface area contributed by atoms with E-state index in [9.17, 15) is 17.9 Å². The lowest BCUT2D eigenvalue weighted by Crippen LogP contribution is -2.16. The number of rotatable bonds is 3. The molecule has 0 saturated carbocycles. The van der Waals surface area contributed by atoms with Crippen molar-refractivity contribution >= 4 is 27.3 Å². The van der Waals surface area contributed by atoms with Crippen LogP contribution in [0.4, 0.5) is 10.1 Å². The molecular formula is C10H9ClFN3O3S. The molecule has 2 rings (SSSR count). The highest BCUT2D eigenvalue weighted by Crippen LogP contribution is 2.33. The number of hydrogen-bond acceptors (Lipinski definition) is 4. The Bertz CT molecular complexity index is 730. The van der Waals surface area contributed by atoms with Gasteiger partial charge in [-0.25, -0.2) is 4.39 Å². The van der Waals surface area contributed by atoms with E-state index in [-0.39, 0.29) is 15.7 Å². The maximum Gasteiger partial charge on any atom is 0.279 e. The van der Waals surface area contributed by atoms with Gasteiger partial charge in [0.2, 0.25) is 0 Å². The van der Waals surface area contributed by atoms with Crippen molar-refractivity contribution < 1.29 is 17.9 Å². The average Bonchev–Trinajstić information content (AvgIpc) is 2.72. The third-order valence-electron chi connectivity index (χ3n) is 2.32. The van der Waals surface area contributed by atoms with Crippen LogP contribution in [0.1, 0.15) is 0 Å². The van der Waals surface area contributed by atoms with Crippen LogP contribution in [0.2, 0.25) is 5.02 Å². The standard InChI is InChI=1S/C10H9ClFN3O3S/c1-15-9(2-3-13-15)19(17,18)14-8-5-6(12)4-7(11)10(8)16/h2-5,14,16H,1H3. The van der Waals surface area contributed by atoms with Crippen LogP contribution >= 0.6 is 11.6 Å². The fourth-order valence-electron chi connectivity index (χ4n) is 1.47. The van der Waals surface area contributed by atoms with E-state index in [1.165, 1.54) is 19.3 Å². The van der Waals surface area contributed by atoms with Crippen molar-refractivity contribution in [2.24, 2.45) is 7.05 Å². The Morgan fingerprint density at radius 2 is 2.16 bits per heavy atom. The quantitative estimate of drug-likeness (QED) is 0.846. The number of aryl methyl sites for hydroxylation is 1. The molecule has 0 aliphatic rings. The number of hydrogen-bond donors (Lipinski definition) is 2. The van der Waals surface area contributed by atoms with E-state index >= 15 is 0 Å². The highest BCUT2D eigenvalue weighted by atomic mass is 35.5. The molecule has 0 aliphatic heterocycles. The number of halogens is 2. The lowest BCUT2D eigenvalue weighted by molar-refractivity contribution is 0.476. The summed E-state index contributed by atoms with van der Waals surface area (Å²) < 4.78 is 40.4. The average molecular weight is 306 g/mol. The first-order valence-corrected chi connectivity index (χ1v) is 6.86. The second kappa shape index (κ2) is 4.71. The Morgan fingerprint density at radius 3 is 2.74 bits per heavy atom. The molecule has 0 fully saturated rings. The van der Waals surface area contributed by atoms with Crippen molar-refractivity contribution in [3.05, 3.63) is 35.2 Å². The second-order valence-corrected chi connectivity index (χ2v) is 5.72. The molecule has 0 unspecified atom stereocenters. The van der Waals surface area contributed by atoms with Gasteiger partial charge in [0.15, 0.2) is 10.8 Å². The molecule has 0 radical (unpaired) electrons. The third kappa shape index (κ3) is 2.64. The number of aromatic nitrogens is 2. The number of anilines is 1. The van der Waals surface area contributed by atoms with Crippen molar-refractivity contribution in [3.63, 3.8) is 0 Å². The lowest BCUT2D eigenvalue weighted by atomic mass is 10.3. The number of phenolic OH excluding ortho intramolecular Hbond substituents is 1. The summed E-state index contributed by atoms with van der Waals surface area (Å²) in [7, 11) is -2.55. The van der Waals surface area contributed by atoms with E-state index in [0.717, 1.165) is 16.8 Å². The SMILES string of the molecule is Cn1nccc1S(=O)(=O)Nc1cc(F)cc(Cl)c1O. The molecule has 102 valence electrons. The van der Waals surface area contributed by atoms with Crippen molar-refractivity contribution in [2.75, 3.05) is 4.72 Å². The first-order valence-electron chi connectivity index (χ1n) is 5.00. The molecule has 2 aromatic rings. The van der Waals surface area contributed by atoms with Gasteiger partial charge in [0, 0.05) is 13.1 Å². The molecule has 0 aliphatic carbocycles. The van der Waals surface area contributed by atoms with Gasteiger partial charge in [-0.3, -0.25) is 9.40 Å². The number of nitrogens with zero attached hydrogens (tertiary/aromatic N) is 2. The molecular weight excluding hydrogens is 297 g/mol. The van der Waals surface area contributed by atoms with Gasteiger partial charge in [-0.15, -0.1) is 0 Å². The Morgan fingerprint density at radius 1 is 1.47 bits per heavy atom. The summed E-state index contributed by atoms with van der Waals surface area (Å²) in [6.07, 6.45) is 1.30. The highest BCUT2D eigenvalue weighted by Gasteiger charge is 2.21. The molecule has 0 spiro atoms. The zero-order valence-corrected chi connectivity index (χ0v) is 11.2. The maximum atomic E-state index is 13.2. The van der Waals surface area contributed by atoms with Crippen molar-refractivity contribution in [2.45, 2.75) is 5.03 Å². The zero-order chi connectivity index (χ0) is 14.2. The highest BCUT2D eigenvalue weighted by molar-refractivity contribution is 7.92. The van der Waals surface area contributed by atoms with E-state index in [2.05, 4.69) is 5.10 Å². The summed E-state index contributed by atoms with van der Waals surface area (Å²) >= 11 is 5.56. The number of aromatic hydroxyl groups is 1. The number of benzene rings is 1. The molecule has 6 nitrogen and oxygen atoms in total. The van der Waals surface area contributed by atoms with Crippen LogP contribution in [0.3, 0.4) is 0 Å². The van der Waals surface area contributed by atoms with Gasteiger partial charge < -0.3 is 5.11 Å². The Kier molecular flexibility index (Phi) is 3.38. The van der Waals surface area contributed by atoms with E-state index < -0.39 is 21.6 Å². The molecule has 1 aromatic heterocycles. The summed E-state index contributed by atoms with van der Waals surface area (Å²) in [4.78, 5) is 0. The molecule has 19 heavy (non-hydrogen) atoms. The van der Waals surface area contributed by atoms with Crippen molar-refractivity contribution in [1.82, 2.24) is 9.78 Å². The van der Waals surface area contributed by atoms with Crippen LogP contribution in [0.5, 0.6) is 5.75 Å². The first-order chi connectivity index (χ1) is 8.81. The summed E-state index contributed by atoms with van der Waals surface area (Å²) in [5, 5.41) is 12.9. The van der Waals surface area contributed by atoms with Gasteiger partial charge in [0.05, 0.1) is 16.9 Å². The van der Waals surface area contributed by atoms with Gasteiger partial charge >= 0.3 is 0 Å². The van der Waals surface area contributed by atoms with E-state index in [4.69, 9.17) is 11.6 Å². The third-order valence-corrected chi connectivity index (χ3v) is 4.05. The second-order valence-electron chi connectivity index (χ2n) is 3.68.